The molecule has 6 heteroatoms. The van der Waals surface area contributed by atoms with Crippen LogP contribution >= 0.6 is 0 Å². The molecule has 1 aromatic carbocycles. The second-order valence-corrected chi connectivity index (χ2v) is 7.01. The number of anilines is 1. The van der Waals surface area contributed by atoms with Gasteiger partial charge in [0.05, 0.1) is 17.8 Å². The molecule has 146 valence electrons. The average molecular weight is 378 g/mol. The Hall–Kier alpha value is -3.15. The van der Waals surface area contributed by atoms with Crippen molar-refractivity contribution in [2.45, 2.75) is 39.8 Å². The molecule has 0 unspecified atom stereocenters. The molecular formula is C22H26N4O2. The second-order valence-electron chi connectivity index (χ2n) is 7.01. The average Bonchev–Trinajstić information content (AvgIpc) is 2.70. The molecule has 3 rings (SSSR count). The standard InChI is InChI=1S/C22H26N4O2/c1-4-12-25(16(2)3)22(28)18-9-5-6-10-19(18)23-15-17-14-21(27)26-13-8-7-11-20(26)24-17/h5-11,13-14,16,23H,4,12,15H2,1-3H3. The molecule has 0 atom stereocenters. The SMILES string of the molecule is CCCN(C(=O)c1ccccc1NCc1cc(=O)n2ccccc2n1)C(C)C. The minimum absolute atomic E-state index is 0.00601. The zero-order chi connectivity index (χ0) is 20.1. The second kappa shape index (κ2) is 8.69. The number of hydrogen-bond donors (Lipinski definition) is 1. The lowest BCUT2D eigenvalue weighted by Gasteiger charge is -2.27. The van der Waals surface area contributed by atoms with Gasteiger partial charge in [-0.1, -0.05) is 25.1 Å². The van der Waals surface area contributed by atoms with Gasteiger partial charge in [-0.2, -0.15) is 0 Å². The molecule has 0 bridgehead atoms. The van der Waals surface area contributed by atoms with Crippen molar-refractivity contribution in [3.05, 3.63) is 76.3 Å². The number of carbonyl (C=O) groups excluding carboxylic acids is 1. The number of amides is 1. The number of nitrogens with one attached hydrogen (secondary N) is 1. The van der Waals surface area contributed by atoms with Gasteiger partial charge >= 0.3 is 0 Å². The van der Waals surface area contributed by atoms with Gasteiger partial charge < -0.3 is 10.2 Å². The Morgan fingerprint density at radius 3 is 2.68 bits per heavy atom. The monoisotopic (exact) mass is 378 g/mol. The summed E-state index contributed by atoms with van der Waals surface area (Å²) in [6.45, 7) is 7.19. The number of nitrogens with zero attached hydrogens (tertiary/aromatic N) is 3. The summed E-state index contributed by atoms with van der Waals surface area (Å²) in [7, 11) is 0. The third-order valence-corrected chi connectivity index (χ3v) is 4.59. The number of aromatic nitrogens is 2. The Morgan fingerprint density at radius 1 is 1.18 bits per heavy atom. The molecule has 3 aromatic rings. The molecule has 0 spiro atoms. The Morgan fingerprint density at radius 2 is 1.93 bits per heavy atom. The Kier molecular flexibility index (Phi) is 6.09. The number of carbonyl (C=O) groups is 1. The van der Waals surface area contributed by atoms with Crippen molar-refractivity contribution in [1.82, 2.24) is 14.3 Å². The Bertz CT molecular complexity index is 1030. The van der Waals surface area contributed by atoms with E-state index < -0.39 is 0 Å². The van der Waals surface area contributed by atoms with Crippen LogP contribution in [-0.4, -0.2) is 32.8 Å². The molecule has 6 nitrogen and oxygen atoms in total. The zero-order valence-electron chi connectivity index (χ0n) is 16.6. The van der Waals surface area contributed by atoms with Crippen LogP contribution in [0.5, 0.6) is 0 Å². The lowest BCUT2D eigenvalue weighted by Crippen LogP contribution is -2.37. The fourth-order valence-electron chi connectivity index (χ4n) is 3.19. The van der Waals surface area contributed by atoms with Crippen molar-refractivity contribution in [3.8, 4) is 0 Å². The highest BCUT2D eigenvalue weighted by Gasteiger charge is 2.20. The summed E-state index contributed by atoms with van der Waals surface area (Å²) in [6.07, 6.45) is 2.61. The summed E-state index contributed by atoms with van der Waals surface area (Å²) in [5.74, 6) is 0.00601. The summed E-state index contributed by atoms with van der Waals surface area (Å²) >= 11 is 0. The highest BCUT2D eigenvalue weighted by Crippen LogP contribution is 2.19. The van der Waals surface area contributed by atoms with Gasteiger partial charge in [0.2, 0.25) is 0 Å². The van der Waals surface area contributed by atoms with E-state index in [1.165, 1.54) is 10.5 Å². The van der Waals surface area contributed by atoms with E-state index in [9.17, 15) is 9.59 Å². The lowest BCUT2D eigenvalue weighted by atomic mass is 10.1. The number of para-hydroxylation sites is 1. The van der Waals surface area contributed by atoms with E-state index in [0.717, 1.165) is 12.1 Å². The molecule has 0 saturated carbocycles. The fourth-order valence-corrected chi connectivity index (χ4v) is 3.19. The van der Waals surface area contributed by atoms with Crippen LogP contribution in [0.2, 0.25) is 0 Å². The van der Waals surface area contributed by atoms with Gasteiger partial charge in [0.1, 0.15) is 5.65 Å². The smallest absolute Gasteiger partial charge is 0.258 e. The number of hydrogen-bond acceptors (Lipinski definition) is 4. The first-order valence-electron chi connectivity index (χ1n) is 9.62. The Labute approximate surface area is 164 Å². The number of rotatable bonds is 7. The van der Waals surface area contributed by atoms with Crippen molar-refractivity contribution in [2.24, 2.45) is 0 Å². The first-order valence-corrected chi connectivity index (χ1v) is 9.62. The normalized spacial score (nSPS) is 11.0. The minimum Gasteiger partial charge on any atom is -0.379 e. The molecule has 0 fully saturated rings. The van der Waals surface area contributed by atoms with Crippen LogP contribution < -0.4 is 10.9 Å². The van der Waals surface area contributed by atoms with Crippen LogP contribution in [0, 0.1) is 0 Å². The maximum Gasteiger partial charge on any atom is 0.258 e. The van der Waals surface area contributed by atoms with Gasteiger partial charge in [0, 0.05) is 30.5 Å². The molecule has 0 aliphatic heterocycles. The van der Waals surface area contributed by atoms with Crippen LogP contribution in [0.25, 0.3) is 5.65 Å². The fraction of sp³-hybridized carbons (Fsp3) is 0.318. The van der Waals surface area contributed by atoms with Gasteiger partial charge in [-0.05, 0) is 44.5 Å². The third kappa shape index (κ3) is 4.22. The van der Waals surface area contributed by atoms with Crippen molar-refractivity contribution in [3.63, 3.8) is 0 Å². The van der Waals surface area contributed by atoms with Gasteiger partial charge in [-0.3, -0.25) is 14.0 Å². The van der Waals surface area contributed by atoms with Crippen LogP contribution in [0.3, 0.4) is 0 Å². The van der Waals surface area contributed by atoms with Crippen LogP contribution in [0.4, 0.5) is 5.69 Å². The largest absolute Gasteiger partial charge is 0.379 e. The predicted octanol–water partition coefficient (Wildman–Crippen LogP) is 3.57. The number of pyridine rings is 1. The minimum atomic E-state index is -0.124. The molecule has 28 heavy (non-hydrogen) atoms. The molecule has 0 aliphatic rings. The third-order valence-electron chi connectivity index (χ3n) is 4.59. The van der Waals surface area contributed by atoms with Crippen molar-refractivity contribution in [2.75, 3.05) is 11.9 Å². The quantitative estimate of drug-likeness (QED) is 0.683. The summed E-state index contributed by atoms with van der Waals surface area (Å²) in [5.41, 5.74) is 2.48. The van der Waals surface area contributed by atoms with E-state index >= 15 is 0 Å². The molecular weight excluding hydrogens is 352 g/mol. The maximum atomic E-state index is 13.1. The van der Waals surface area contributed by atoms with Crippen molar-refractivity contribution in [1.29, 1.82) is 0 Å². The van der Waals surface area contributed by atoms with E-state index in [1.807, 2.05) is 49.1 Å². The van der Waals surface area contributed by atoms with Crippen LogP contribution in [-0.2, 0) is 6.54 Å². The number of fused-ring (bicyclic) bond motifs is 1. The van der Waals surface area contributed by atoms with E-state index in [1.54, 1.807) is 18.3 Å². The highest BCUT2D eigenvalue weighted by molar-refractivity contribution is 5.99. The zero-order valence-corrected chi connectivity index (χ0v) is 16.6. The summed E-state index contributed by atoms with van der Waals surface area (Å²) in [5, 5.41) is 3.28. The predicted molar refractivity (Wildman–Crippen MR) is 112 cm³/mol. The summed E-state index contributed by atoms with van der Waals surface area (Å²) in [6, 6.07) is 14.6. The first-order chi connectivity index (χ1) is 13.5. The van der Waals surface area contributed by atoms with Gasteiger partial charge in [0.15, 0.2) is 0 Å². The topological polar surface area (TPSA) is 66.7 Å². The molecule has 2 aromatic heterocycles. The maximum absolute atomic E-state index is 13.1. The molecule has 1 N–H and O–H groups in total. The molecule has 0 radical (unpaired) electrons. The van der Waals surface area contributed by atoms with E-state index in [0.29, 0.717) is 30.0 Å². The molecule has 1 amide bonds. The van der Waals surface area contributed by atoms with Crippen LogP contribution in [0.1, 0.15) is 43.2 Å². The Balaban J connectivity index is 1.84. The van der Waals surface area contributed by atoms with Crippen molar-refractivity contribution < 1.29 is 4.79 Å². The summed E-state index contributed by atoms with van der Waals surface area (Å²) in [4.78, 5) is 31.7. The van der Waals surface area contributed by atoms with E-state index in [2.05, 4.69) is 17.2 Å². The molecule has 0 aliphatic carbocycles. The summed E-state index contributed by atoms with van der Waals surface area (Å²) < 4.78 is 1.51. The van der Waals surface area contributed by atoms with E-state index in [4.69, 9.17) is 0 Å². The first kappa shape index (κ1) is 19.6. The van der Waals surface area contributed by atoms with Gasteiger partial charge in [-0.15, -0.1) is 0 Å². The van der Waals surface area contributed by atoms with Gasteiger partial charge in [-0.25, -0.2) is 4.98 Å². The highest BCUT2D eigenvalue weighted by atomic mass is 16.2. The molecule has 2 heterocycles. The molecule has 0 saturated heterocycles. The van der Waals surface area contributed by atoms with Gasteiger partial charge in [0.25, 0.3) is 11.5 Å². The van der Waals surface area contributed by atoms with E-state index in [-0.39, 0.29) is 17.5 Å². The van der Waals surface area contributed by atoms with Crippen LogP contribution in [0.15, 0.2) is 59.5 Å². The lowest BCUT2D eigenvalue weighted by molar-refractivity contribution is 0.0707. The number of benzene rings is 1. The van der Waals surface area contributed by atoms with Crippen molar-refractivity contribution >= 4 is 17.2 Å².